The number of rotatable bonds is 1. The van der Waals surface area contributed by atoms with Gasteiger partial charge in [-0.1, -0.05) is 0 Å². The van der Waals surface area contributed by atoms with E-state index < -0.39 is 11.9 Å². The number of aromatic nitrogens is 2. The SMILES string of the molecule is FC(F)(F)c1ccnc(N2CC3CCNCC32)n1. The summed E-state index contributed by atoms with van der Waals surface area (Å²) in [6, 6.07) is 1.14. The van der Waals surface area contributed by atoms with E-state index in [0.717, 1.165) is 32.1 Å². The first-order chi connectivity index (χ1) is 8.55. The lowest BCUT2D eigenvalue weighted by atomic mass is 9.83. The van der Waals surface area contributed by atoms with Gasteiger partial charge in [-0.2, -0.15) is 13.2 Å². The van der Waals surface area contributed by atoms with Crippen LogP contribution in [0.3, 0.4) is 0 Å². The fourth-order valence-corrected chi connectivity index (χ4v) is 2.60. The number of hydrogen-bond acceptors (Lipinski definition) is 4. The summed E-state index contributed by atoms with van der Waals surface area (Å²) in [5.41, 5.74) is -0.875. The van der Waals surface area contributed by atoms with Gasteiger partial charge in [0.25, 0.3) is 0 Å². The van der Waals surface area contributed by atoms with Crippen LogP contribution in [0.4, 0.5) is 19.1 Å². The van der Waals surface area contributed by atoms with Crippen molar-refractivity contribution in [2.75, 3.05) is 24.5 Å². The second kappa shape index (κ2) is 4.08. The van der Waals surface area contributed by atoms with E-state index in [1.165, 1.54) is 6.20 Å². The van der Waals surface area contributed by atoms with E-state index in [-0.39, 0.29) is 12.0 Å². The van der Waals surface area contributed by atoms with E-state index in [2.05, 4.69) is 15.3 Å². The third kappa shape index (κ3) is 1.92. The van der Waals surface area contributed by atoms with Crippen molar-refractivity contribution in [2.24, 2.45) is 5.92 Å². The van der Waals surface area contributed by atoms with Gasteiger partial charge in [0.15, 0.2) is 0 Å². The number of hydrogen-bond donors (Lipinski definition) is 1. The lowest BCUT2D eigenvalue weighted by molar-refractivity contribution is -0.141. The third-order valence-corrected chi connectivity index (χ3v) is 3.61. The van der Waals surface area contributed by atoms with E-state index in [1.807, 2.05) is 4.90 Å². The molecule has 98 valence electrons. The van der Waals surface area contributed by atoms with Crippen LogP contribution in [0.5, 0.6) is 0 Å². The first-order valence-corrected chi connectivity index (χ1v) is 5.93. The molecule has 0 aliphatic carbocycles. The van der Waals surface area contributed by atoms with Crippen LogP contribution in [0.1, 0.15) is 12.1 Å². The Balaban J connectivity index is 1.81. The minimum atomic E-state index is -4.41. The smallest absolute Gasteiger partial charge is 0.336 e. The molecule has 0 aromatic carbocycles. The van der Waals surface area contributed by atoms with Gasteiger partial charge in [0.2, 0.25) is 5.95 Å². The number of alkyl halides is 3. The molecule has 3 rings (SSSR count). The molecule has 3 heterocycles. The van der Waals surface area contributed by atoms with Crippen molar-refractivity contribution in [1.29, 1.82) is 0 Å². The summed E-state index contributed by atoms with van der Waals surface area (Å²) >= 11 is 0. The molecule has 0 radical (unpaired) electrons. The maximum Gasteiger partial charge on any atom is 0.433 e. The maximum atomic E-state index is 12.6. The summed E-state index contributed by atoms with van der Waals surface area (Å²) in [5, 5.41) is 3.24. The molecule has 2 saturated heterocycles. The highest BCUT2D eigenvalue weighted by Gasteiger charge is 2.42. The van der Waals surface area contributed by atoms with Crippen molar-refractivity contribution < 1.29 is 13.2 Å². The molecule has 2 aliphatic rings. The fourth-order valence-electron chi connectivity index (χ4n) is 2.60. The van der Waals surface area contributed by atoms with Crippen molar-refractivity contribution in [3.05, 3.63) is 18.0 Å². The standard InChI is InChI=1S/C11H13F3N4/c12-11(13,14)9-2-4-16-10(17-9)18-6-7-1-3-15-5-8(7)18/h2,4,7-8,15H,1,3,5-6H2. The summed E-state index contributed by atoms with van der Waals surface area (Å²) in [4.78, 5) is 9.43. The molecule has 2 atom stereocenters. The zero-order valence-corrected chi connectivity index (χ0v) is 9.61. The molecule has 18 heavy (non-hydrogen) atoms. The van der Waals surface area contributed by atoms with Gasteiger partial charge in [-0.05, 0) is 24.9 Å². The largest absolute Gasteiger partial charge is 0.433 e. The van der Waals surface area contributed by atoms with Crippen LogP contribution in [0.25, 0.3) is 0 Å². The van der Waals surface area contributed by atoms with Crippen LogP contribution in [0, 0.1) is 5.92 Å². The zero-order valence-electron chi connectivity index (χ0n) is 9.61. The molecule has 0 amide bonds. The molecule has 2 unspecified atom stereocenters. The van der Waals surface area contributed by atoms with Crippen LogP contribution in [-0.4, -0.2) is 35.6 Å². The van der Waals surface area contributed by atoms with Gasteiger partial charge in [-0.25, -0.2) is 9.97 Å². The zero-order chi connectivity index (χ0) is 12.8. The van der Waals surface area contributed by atoms with Crippen molar-refractivity contribution >= 4 is 5.95 Å². The van der Waals surface area contributed by atoms with E-state index in [0.29, 0.717) is 5.92 Å². The minimum Gasteiger partial charge on any atom is -0.336 e. The Morgan fingerprint density at radius 1 is 1.39 bits per heavy atom. The number of fused-ring (bicyclic) bond motifs is 1. The second-order valence-electron chi connectivity index (χ2n) is 4.71. The quantitative estimate of drug-likeness (QED) is 0.824. The Kier molecular flexibility index (Phi) is 2.65. The van der Waals surface area contributed by atoms with Crippen molar-refractivity contribution in [3.8, 4) is 0 Å². The van der Waals surface area contributed by atoms with Crippen molar-refractivity contribution in [3.63, 3.8) is 0 Å². The molecule has 2 fully saturated rings. The number of anilines is 1. The average Bonchev–Trinajstić information content (AvgIpc) is 2.30. The Morgan fingerprint density at radius 2 is 2.22 bits per heavy atom. The molecule has 0 saturated carbocycles. The van der Waals surface area contributed by atoms with Gasteiger partial charge in [0.1, 0.15) is 5.69 Å². The molecule has 0 spiro atoms. The predicted molar refractivity (Wildman–Crippen MR) is 59.1 cm³/mol. The van der Waals surface area contributed by atoms with Crippen LogP contribution >= 0.6 is 0 Å². The molecule has 4 nitrogen and oxygen atoms in total. The first-order valence-electron chi connectivity index (χ1n) is 5.93. The Labute approximate surface area is 102 Å². The molecule has 1 aromatic rings. The number of nitrogens with zero attached hydrogens (tertiary/aromatic N) is 3. The van der Waals surface area contributed by atoms with Crippen molar-refractivity contribution in [1.82, 2.24) is 15.3 Å². The Hall–Kier alpha value is -1.37. The third-order valence-electron chi connectivity index (χ3n) is 3.61. The van der Waals surface area contributed by atoms with E-state index in [4.69, 9.17) is 0 Å². The molecule has 0 bridgehead atoms. The molecular weight excluding hydrogens is 245 g/mol. The summed E-state index contributed by atoms with van der Waals surface area (Å²) in [5.74, 6) is 0.749. The van der Waals surface area contributed by atoms with E-state index >= 15 is 0 Å². The predicted octanol–water partition coefficient (Wildman–Crippen LogP) is 1.29. The second-order valence-corrected chi connectivity index (χ2v) is 4.71. The minimum absolute atomic E-state index is 0.190. The molecule has 1 N–H and O–H groups in total. The molecule has 7 heteroatoms. The van der Waals surface area contributed by atoms with Crippen molar-refractivity contribution in [2.45, 2.75) is 18.6 Å². The maximum absolute atomic E-state index is 12.6. The molecule has 2 aliphatic heterocycles. The summed E-state index contributed by atoms with van der Waals surface area (Å²) < 4.78 is 37.7. The van der Waals surface area contributed by atoms with Gasteiger partial charge in [0.05, 0.1) is 0 Å². The Bertz CT molecular complexity index is 448. The van der Waals surface area contributed by atoms with Crippen LogP contribution < -0.4 is 10.2 Å². The Morgan fingerprint density at radius 3 is 2.94 bits per heavy atom. The molecular formula is C11H13F3N4. The highest BCUT2D eigenvalue weighted by atomic mass is 19.4. The van der Waals surface area contributed by atoms with Crippen LogP contribution in [0.15, 0.2) is 12.3 Å². The number of halogens is 3. The van der Waals surface area contributed by atoms with Gasteiger partial charge >= 0.3 is 6.18 Å². The monoisotopic (exact) mass is 258 g/mol. The van der Waals surface area contributed by atoms with E-state index in [9.17, 15) is 13.2 Å². The highest BCUT2D eigenvalue weighted by Crippen LogP contribution is 2.34. The summed E-state index contributed by atoms with van der Waals surface area (Å²) in [6.07, 6.45) is -2.17. The van der Waals surface area contributed by atoms with Gasteiger partial charge < -0.3 is 10.2 Å². The fraction of sp³-hybridized carbons (Fsp3) is 0.636. The lowest BCUT2D eigenvalue weighted by Crippen LogP contribution is -2.64. The summed E-state index contributed by atoms with van der Waals surface area (Å²) in [7, 11) is 0. The van der Waals surface area contributed by atoms with Gasteiger partial charge in [-0.15, -0.1) is 0 Å². The topological polar surface area (TPSA) is 41.1 Å². The highest BCUT2D eigenvalue weighted by molar-refractivity contribution is 5.38. The van der Waals surface area contributed by atoms with E-state index in [1.54, 1.807) is 0 Å². The number of nitrogens with one attached hydrogen (secondary N) is 1. The normalized spacial score (nSPS) is 27.6. The summed E-state index contributed by atoms with van der Waals surface area (Å²) in [6.45, 7) is 2.54. The first kappa shape index (κ1) is 11.7. The number of piperidine rings is 1. The molecule has 1 aromatic heterocycles. The van der Waals surface area contributed by atoms with Crippen LogP contribution in [-0.2, 0) is 6.18 Å². The lowest BCUT2D eigenvalue weighted by Gasteiger charge is -2.51. The van der Waals surface area contributed by atoms with Gasteiger partial charge in [-0.3, -0.25) is 0 Å². The van der Waals surface area contributed by atoms with Crippen LogP contribution in [0.2, 0.25) is 0 Å². The van der Waals surface area contributed by atoms with Gasteiger partial charge in [0, 0.05) is 25.3 Å². The average molecular weight is 258 g/mol.